The SMILES string of the molecule is CCCn1c(SCC(=O)Nc2c(CC)cccc2CC)nnc1-c1ccccn1. The number of amides is 1. The number of aromatic nitrogens is 4. The second-order valence-electron chi connectivity index (χ2n) is 6.67. The molecule has 1 aromatic carbocycles. The lowest BCUT2D eigenvalue weighted by molar-refractivity contribution is -0.113. The molecule has 29 heavy (non-hydrogen) atoms. The van der Waals surface area contributed by atoms with E-state index in [4.69, 9.17) is 0 Å². The molecule has 1 N–H and O–H groups in total. The Morgan fingerprint density at radius 3 is 2.41 bits per heavy atom. The first kappa shape index (κ1) is 21.0. The highest BCUT2D eigenvalue weighted by atomic mass is 32.2. The normalized spacial score (nSPS) is 10.9. The minimum absolute atomic E-state index is 0.0314. The van der Waals surface area contributed by atoms with Gasteiger partial charge in [-0.25, -0.2) is 0 Å². The zero-order chi connectivity index (χ0) is 20.6. The van der Waals surface area contributed by atoms with Gasteiger partial charge in [0.1, 0.15) is 5.69 Å². The van der Waals surface area contributed by atoms with Crippen molar-refractivity contribution in [3.8, 4) is 11.5 Å². The fourth-order valence-electron chi connectivity index (χ4n) is 3.21. The number of hydrogen-bond donors (Lipinski definition) is 1. The van der Waals surface area contributed by atoms with E-state index in [0.29, 0.717) is 0 Å². The van der Waals surface area contributed by atoms with E-state index in [2.05, 4.69) is 59.5 Å². The highest BCUT2D eigenvalue weighted by molar-refractivity contribution is 7.99. The first-order valence-corrected chi connectivity index (χ1v) is 11.0. The Morgan fingerprint density at radius 2 is 1.79 bits per heavy atom. The number of carbonyl (C=O) groups excluding carboxylic acids is 1. The molecule has 0 aliphatic heterocycles. The summed E-state index contributed by atoms with van der Waals surface area (Å²) in [6.07, 6.45) is 4.46. The smallest absolute Gasteiger partial charge is 0.234 e. The number of pyridine rings is 1. The quantitative estimate of drug-likeness (QED) is 0.523. The van der Waals surface area contributed by atoms with Crippen LogP contribution in [0.4, 0.5) is 5.69 Å². The molecule has 6 nitrogen and oxygen atoms in total. The van der Waals surface area contributed by atoms with Crippen LogP contribution in [0.15, 0.2) is 47.8 Å². The molecular weight excluding hydrogens is 382 g/mol. The first-order chi connectivity index (χ1) is 14.2. The van der Waals surface area contributed by atoms with E-state index in [0.717, 1.165) is 59.3 Å². The van der Waals surface area contributed by atoms with E-state index in [9.17, 15) is 4.79 Å². The van der Waals surface area contributed by atoms with Crippen LogP contribution < -0.4 is 5.32 Å². The lowest BCUT2D eigenvalue weighted by Gasteiger charge is -2.14. The average Bonchev–Trinajstić information content (AvgIpc) is 3.16. The van der Waals surface area contributed by atoms with Crippen LogP contribution in [0.1, 0.15) is 38.3 Å². The number of nitrogens with one attached hydrogen (secondary N) is 1. The average molecular weight is 410 g/mol. The van der Waals surface area contributed by atoms with Crippen LogP contribution in [-0.4, -0.2) is 31.4 Å². The predicted octanol–water partition coefficient (Wildman–Crippen LogP) is 4.61. The maximum atomic E-state index is 12.7. The minimum atomic E-state index is -0.0314. The predicted molar refractivity (Wildman–Crippen MR) is 118 cm³/mol. The van der Waals surface area contributed by atoms with E-state index in [1.807, 2.05) is 22.8 Å². The second kappa shape index (κ2) is 10.2. The molecule has 0 atom stereocenters. The monoisotopic (exact) mass is 409 g/mol. The number of carbonyl (C=O) groups is 1. The van der Waals surface area contributed by atoms with Gasteiger partial charge in [0, 0.05) is 18.4 Å². The molecule has 2 aromatic heterocycles. The van der Waals surface area contributed by atoms with E-state index >= 15 is 0 Å². The summed E-state index contributed by atoms with van der Waals surface area (Å²) in [6.45, 7) is 7.09. The molecule has 0 saturated heterocycles. The van der Waals surface area contributed by atoms with Crippen LogP contribution in [0, 0.1) is 0 Å². The lowest BCUT2D eigenvalue weighted by atomic mass is 10.0. The molecule has 0 aliphatic rings. The van der Waals surface area contributed by atoms with E-state index in [1.54, 1.807) is 6.20 Å². The van der Waals surface area contributed by atoms with Crippen LogP contribution in [0.5, 0.6) is 0 Å². The molecule has 0 unspecified atom stereocenters. The zero-order valence-electron chi connectivity index (χ0n) is 17.2. The number of aryl methyl sites for hydroxylation is 2. The number of nitrogens with zero attached hydrogens (tertiary/aromatic N) is 4. The zero-order valence-corrected chi connectivity index (χ0v) is 18.0. The lowest BCUT2D eigenvalue weighted by Crippen LogP contribution is -2.17. The van der Waals surface area contributed by atoms with Crippen molar-refractivity contribution >= 4 is 23.4 Å². The largest absolute Gasteiger partial charge is 0.325 e. The summed E-state index contributed by atoms with van der Waals surface area (Å²) in [6, 6.07) is 11.9. The topological polar surface area (TPSA) is 72.7 Å². The van der Waals surface area contributed by atoms with Crippen molar-refractivity contribution < 1.29 is 4.79 Å². The standard InChI is InChI=1S/C22H27N5OS/c1-4-14-27-21(18-12-7-8-13-23-18)25-26-22(27)29-15-19(28)24-20-16(5-2)10-9-11-17(20)6-3/h7-13H,4-6,14-15H2,1-3H3,(H,24,28). The van der Waals surface area contributed by atoms with Gasteiger partial charge >= 0.3 is 0 Å². The highest BCUT2D eigenvalue weighted by Crippen LogP contribution is 2.25. The third-order valence-electron chi connectivity index (χ3n) is 4.65. The van der Waals surface area contributed by atoms with Gasteiger partial charge in [0.2, 0.25) is 5.91 Å². The van der Waals surface area contributed by atoms with E-state index < -0.39 is 0 Å². The molecule has 1 amide bonds. The Kier molecular flexibility index (Phi) is 7.41. The molecule has 0 aliphatic carbocycles. The number of thioether (sulfide) groups is 1. The second-order valence-corrected chi connectivity index (χ2v) is 7.61. The molecule has 0 fully saturated rings. The van der Waals surface area contributed by atoms with Crippen molar-refractivity contribution in [2.75, 3.05) is 11.1 Å². The molecule has 3 aromatic rings. The van der Waals surface area contributed by atoms with Crippen molar-refractivity contribution in [2.45, 2.75) is 51.7 Å². The number of para-hydroxylation sites is 1. The van der Waals surface area contributed by atoms with Crippen molar-refractivity contribution in [3.63, 3.8) is 0 Å². The summed E-state index contributed by atoms with van der Waals surface area (Å²) in [5.41, 5.74) is 4.06. The molecule has 0 bridgehead atoms. The minimum Gasteiger partial charge on any atom is -0.325 e. The van der Waals surface area contributed by atoms with Gasteiger partial charge in [-0.3, -0.25) is 9.78 Å². The van der Waals surface area contributed by atoms with Crippen molar-refractivity contribution in [3.05, 3.63) is 53.7 Å². The molecule has 0 saturated carbocycles. The summed E-state index contributed by atoms with van der Waals surface area (Å²) < 4.78 is 2.04. The Bertz CT molecular complexity index is 933. The number of anilines is 1. The van der Waals surface area contributed by atoms with Crippen LogP contribution in [0.3, 0.4) is 0 Å². The molecule has 152 valence electrons. The summed E-state index contributed by atoms with van der Waals surface area (Å²) in [4.78, 5) is 17.0. The van der Waals surface area contributed by atoms with Gasteiger partial charge in [-0.15, -0.1) is 10.2 Å². The Hall–Kier alpha value is -2.67. The summed E-state index contributed by atoms with van der Waals surface area (Å²) in [5.74, 6) is 0.988. The number of rotatable bonds is 9. The highest BCUT2D eigenvalue weighted by Gasteiger charge is 2.17. The van der Waals surface area contributed by atoms with Crippen LogP contribution in [0.2, 0.25) is 0 Å². The van der Waals surface area contributed by atoms with Gasteiger partial charge in [-0.2, -0.15) is 0 Å². The fraction of sp³-hybridized carbons (Fsp3) is 0.364. The summed E-state index contributed by atoms with van der Waals surface area (Å²) in [5, 5.41) is 12.5. The van der Waals surface area contributed by atoms with Crippen molar-refractivity contribution in [2.24, 2.45) is 0 Å². The van der Waals surface area contributed by atoms with E-state index in [-0.39, 0.29) is 11.7 Å². The fourth-order valence-corrected chi connectivity index (χ4v) is 3.98. The molecule has 2 heterocycles. The summed E-state index contributed by atoms with van der Waals surface area (Å²) >= 11 is 1.41. The molecule has 0 spiro atoms. The maximum Gasteiger partial charge on any atom is 0.234 e. The van der Waals surface area contributed by atoms with Crippen LogP contribution in [0.25, 0.3) is 11.5 Å². The first-order valence-electron chi connectivity index (χ1n) is 10.1. The van der Waals surface area contributed by atoms with Crippen LogP contribution >= 0.6 is 11.8 Å². The molecule has 7 heteroatoms. The van der Waals surface area contributed by atoms with Gasteiger partial charge < -0.3 is 9.88 Å². The molecule has 0 radical (unpaired) electrons. The van der Waals surface area contributed by atoms with Gasteiger partial charge in [0.25, 0.3) is 0 Å². The summed E-state index contributed by atoms with van der Waals surface area (Å²) in [7, 11) is 0. The van der Waals surface area contributed by atoms with Crippen molar-refractivity contribution in [1.82, 2.24) is 19.7 Å². The van der Waals surface area contributed by atoms with Crippen molar-refractivity contribution in [1.29, 1.82) is 0 Å². The third-order valence-corrected chi connectivity index (χ3v) is 5.62. The number of hydrogen-bond acceptors (Lipinski definition) is 5. The third kappa shape index (κ3) is 5.03. The Labute approximate surface area is 176 Å². The van der Waals surface area contributed by atoms with E-state index in [1.165, 1.54) is 11.8 Å². The molecule has 3 rings (SSSR count). The van der Waals surface area contributed by atoms with Gasteiger partial charge in [-0.1, -0.05) is 56.8 Å². The Morgan fingerprint density at radius 1 is 1.03 bits per heavy atom. The number of benzene rings is 1. The van der Waals surface area contributed by atoms with Gasteiger partial charge in [-0.05, 0) is 42.5 Å². The molecular formula is C22H27N5OS. The van der Waals surface area contributed by atoms with Crippen LogP contribution in [-0.2, 0) is 24.2 Å². The Balaban J connectivity index is 1.74. The van der Waals surface area contributed by atoms with Gasteiger partial charge in [0.05, 0.1) is 5.75 Å². The maximum absolute atomic E-state index is 12.7. The van der Waals surface area contributed by atoms with Gasteiger partial charge in [0.15, 0.2) is 11.0 Å².